The zero-order chi connectivity index (χ0) is 13.3. The van der Waals surface area contributed by atoms with E-state index in [4.69, 9.17) is 5.14 Å². The Morgan fingerprint density at radius 3 is 2.12 bits per heavy atom. The van der Waals surface area contributed by atoms with Gasteiger partial charge in [-0.1, -0.05) is 12.1 Å². The summed E-state index contributed by atoms with van der Waals surface area (Å²) in [5.41, 5.74) is -0.0799. The Bertz CT molecular complexity index is 607. The van der Waals surface area contributed by atoms with E-state index in [0.29, 0.717) is 0 Å². The third-order valence-corrected chi connectivity index (χ3v) is 4.32. The molecule has 3 N–H and O–H groups in total. The maximum Gasteiger partial charge on any atom is 0.301 e. The fraction of sp³-hybridized carbons (Fsp3) is 0.250. The number of para-hydroxylation sites is 1. The van der Waals surface area contributed by atoms with Crippen LogP contribution in [0.2, 0.25) is 0 Å². The van der Waals surface area contributed by atoms with Crippen molar-refractivity contribution < 1.29 is 16.8 Å². The first-order valence-electron chi connectivity index (χ1n) is 4.46. The predicted molar refractivity (Wildman–Crippen MR) is 64.0 cm³/mol. The van der Waals surface area contributed by atoms with Crippen LogP contribution in [0.15, 0.2) is 29.2 Å². The van der Waals surface area contributed by atoms with E-state index in [1.165, 1.54) is 38.4 Å². The van der Waals surface area contributed by atoms with E-state index in [1.54, 1.807) is 0 Å². The van der Waals surface area contributed by atoms with Crippen LogP contribution in [0.1, 0.15) is 0 Å². The van der Waals surface area contributed by atoms with Crippen molar-refractivity contribution in [3.05, 3.63) is 24.3 Å². The highest BCUT2D eigenvalue weighted by molar-refractivity contribution is 7.91. The minimum atomic E-state index is -3.98. The van der Waals surface area contributed by atoms with E-state index in [2.05, 4.69) is 4.72 Å². The second-order valence-corrected chi connectivity index (χ2v) is 6.85. The number of hydrogen-bond acceptors (Lipinski definition) is 4. The summed E-state index contributed by atoms with van der Waals surface area (Å²) in [6.45, 7) is 0. The van der Waals surface area contributed by atoms with Crippen molar-refractivity contribution in [2.24, 2.45) is 5.14 Å². The zero-order valence-corrected chi connectivity index (χ0v) is 10.9. The molecule has 0 unspecified atom stereocenters. The van der Waals surface area contributed by atoms with Crippen molar-refractivity contribution in [1.82, 2.24) is 4.31 Å². The van der Waals surface area contributed by atoms with Crippen LogP contribution >= 0.6 is 0 Å². The number of rotatable bonds is 4. The third kappa shape index (κ3) is 3.40. The van der Waals surface area contributed by atoms with Crippen LogP contribution in [0.3, 0.4) is 0 Å². The molecule has 9 heteroatoms. The Morgan fingerprint density at radius 2 is 1.65 bits per heavy atom. The van der Waals surface area contributed by atoms with E-state index in [0.717, 1.165) is 4.31 Å². The van der Waals surface area contributed by atoms with Gasteiger partial charge in [-0.3, -0.25) is 4.72 Å². The average Bonchev–Trinajstić information content (AvgIpc) is 2.15. The number of nitrogens with one attached hydrogen (secondary N) is 1. The average molecular weight is 279 g/mol. The van der Waals surface area contributed by atoms with Crippen LogP contribution in [0, 0.1) is 0 Å². The molecule has 0 aliphatic heterocycles. The molecule has 0 spiro atoms. The van der Waals surface area contributed by atoms with E-state index in [9.17, 15) is 16.8 Å². The smallest absolute Gasteiger partial charge is 0.270 e. The molecule has 96 valence electrons. The Morgan fingerprint density at radius 1 is 1.12 bits per heavy atom. The zero-order valence-electron chi connectivity index (χ0n) is 9.28. The SMILES string of the molecule is CN(C)S(=O)(=O)Nc1ccccc1S(N)(=O)=O. The summed E-state index contributed by atoms with van der Waals surface area (Å²) < 4.78 is 48.6. The minimum Gasteiger partial charge on any atom is -0.270 e. The molecule has 1 aromatic carbocycles. The maximum absolute atomic E-state index is 11.6. The van der Waals surface area contributed by atoms with E-state index in [-0.39, 0.29) is 10.6 Å². The number of primary sulfonamides is 1. The molecule has 0 radical (unpaired) electrons. The normalized spacial score (nSPS) is 12.7. The Labute approximate surface area is 100 Å². The summed E-state index contributed by atoms with van der Waals surface area (Å²) in [7, 11) is -5.11. The molecule has 0 fully saturated rings. The van der Waals surface area contributed by atoms with Crippen LogP contribution in [-0.2, 0) is 20.2 Å². The number of nitrogens with two attached hydrogens (primary N) is 1. The van der Waals surface area contributed by atoms with E-state index >= 15 is 0 Å². The van der Waals surface area contributed by atoms with Gasteiger partial charge in [-0.25, -0.2) is 13.6 Å². The molecule has 1 aromatic rings. The first kappa shape index (κ1) is 13.9. The lowest BCUT2D eigenvalue weighted by atomic mass is 10.3. The van der Waals surface area contributed by atoms with Crippen LogP contribution in [0.25, 0.3) is 0 Å². The summed E-state index contributed by atoms with van der Waals surface area (Å²) in [6.07, 6.45) is 0. The molecule has 0 bridgehead atoms. The largest absolute Gasteiger partial charge is 0.301 e. The standard InChI is InChI=1S/C8H13N3O4S2/c1-11(2)17(14,15)10-7-5-3-4-6-8(7)16(9,12)13/h3-6,10H,1-2H3,(H2,9,12,13). The van der Waals surface area contributed by atoms with Gasteiger partial charge in [0, 0.05) is 14.1 Å². The molecule has 0 saturated heterocycles. The first-order valence-corrected chi connectivity index (χ1v) is 7.45. The lowest BCUT2D eigenvalue weighted by Gasteiger charge is -2.15. The van der Waals surface area contributed by atoms with Gasteiger partial charge in [0.25, 0.3) is 0 Å². The van der Waals surface area contributed by atoms with Gasteiger partial charge in [0.15, 0.2) is 0 Å². The van der Waals surface area contributed by atoms with Gasteiger partial charge in [0.05, 0.1) is 5.69 Å². The number of hydrogen-bond donors (Lipinski definition) is 2. The lowest BCUT2D eigenvalue weighted by molar-refractivity contribution is 0.526. The Kier molecular flexibility index (Phi) is 3.77. The van der Waals surface area contributed by atoms with E-state index in [1.807, 2.05) is 0 Å². The summed E-state index contributed by atoms with van der Waals surface area (Å²) in [6, 6.07) is 5.50. The van der Waals surface area contributed by atoms with Crippen LogP contribution < -0.4 is 9.86 Å². The fourth-order valence-electron chi connectivity index (χ4n) is 1.03. The monoisotopic (exact) mass is 279 g/mol. The maximum atomic E-state index is 11.6. The van der Waals surface area contributed by atoms with Crippen molar-refractivity contribution in [3.63, 3.8) is 0 Å². The molecule has 0 atom stereocenters. The van der Waals surface area contributed by atoms with Gasteiger partial charge in [-0.15, -0.1) is 0 Å². The summed E-state index contributed by atoms with van der Waals surface area (Å²) in [5, 5.41) is 4.98. The highest BCUT2D eigenvalue weighted by atomic mass is 32.2. The van der Waals surface area contributed by atoms with Crippen LogP contribution in [0.4, 0.5) is 5.69 Å². The predicted octanol–water partition coefficient (Wildman–Crippen LogP) is -0.448. The Hall–Kier alpha value is -1.16. The minimum absolute atomic E-state index is 0.0799. The molecular formula is C8H13N3O4S2. The second-order valence-electron chi connectivity index (χ2n) is 3.43. The number of sulfonamides is 1. The van der Waals surface area contributed by atoms with Crippen LogP contribution in [-0.4, -0.2) is 35.2 Å². The number of anilines is 1. The van der Waals surface area contributed by atoms with Crippen molar-refractivity contribution in [3.8, 4) is 0 Å². The molecule has 0 aromatic heterocycles. The molecule has 1 rings (SSSR count). The molecule has 17 heavy (non-hydrogen) atoms. The Balaban J connectivity index is 3.27. The molecule has 0 aliphatic rings. The molecule has 0 aliphatic carbocycles. The molecule has 0 saturated carbocycles. The van der Waals surface area contributed by atoms with Gasteiger partial charge in [0.2, 0.25) is 10.0 Å². The van der Waals surface area contributed by atoms with Gasteiger partial charge in [-0.2, -0.15) is 12.7 Å². The molecular weight excluding hydrogens is 266 g/mol. The van der Waals surface area contributed by atoms with Crippen molar-refractivity contribution in [2.45, 2.75) is 4.90 Å². The highest BCUT2D eigenvalue weighted by Gasteiger charge is 2.19. The topological polar surface area (TPSA) is 110 Å². The molecule has 0 amide bonds. The van der Waals surface area contributed by atoms with Crippen molar-refractivity contribution in [1.29, 1.82) is 0 Å². The number of benzene rings is 1. The second kappa shape index (κ2) is 4.61. The van der Waals surface area contributed by atoms with Gasteiger partial charge >= 0.3 is 10.2 Å². The lowest BCUT2D eigenvalue weighted by Crippen LogP contribution is -2.30. The number of nitrogens with zero attached hydrogens (tertiary/aromatic N) is 1. The molecule has 0 heterocycles. The third-order valence-electron chi connectivity index (χ3n) is 1.91. The summed E-state index contributed by atoms with van der Waals surface area (Å²) in [4.78, 5) is -0.273. The van der Waals surface area contributed by atoms with Gasteiger partial charge in [-0.05, 0) is 12.1 Å². The van der Waals surface area contributed by atoms with Crippen molar-refractivity contribution >= 4 is 25.9 Å². The van der Waals surface area contributed by atoms with Gasteiger partial charge < -0.3 is 0 Å². The first-order chi connectivity index (χ1) is 7.64. The van der Waals surface area contributed by atoms with E-state index < -0.39 is 20.2 Å². The van der Waals surface area contributed by atoms with Crippen LogP contribution in [0.5, 0.6) is 0 Å². The van der Waals surface area contributed by atoms with Crippen molar-refractivity contribution in [2.75, 3.05) is 18.8 Å². The van der Waals surface area contributed by atoms with Gasteiger partial charge in [0.1, 0.15) is 4.90 Å². The fourth-order valence-corrected chi connectivity index (χ4v) is 2.43. The molecule has 7 nitrogen and oxygen atoms in total. The highest BCUT2D eigenvalue weighted by Crippen LogP contribution is 2.20. The summed E-state index contributed by atoms with van der Waals surface area (Å²) in [5.74, 6) is 0. The quantitative estimate of drug-likeness (QED) is 0.778. The summed E-state index contributed by atoms with van der Waals surface area (Å²) >= 11 is 0.